The molecule has 28 heavy (non-hydrogen) atoms. The van der Waals surface area contributed by atoms with E-state index in [0.29, 0.717) is 19.5 Å². The first-order valence-corrected chi connectivity index (χ1v) is 10.0. The molecule has 2 rings (SSSR count). The molecule has 1 aromatic rings. The normalized spacial score (nSPS) is 15.7. The highest BCUT2D eigenvalue weighted by Crippen LogP contribution is 2.16. The Hall–Kier alpha value is -2.12. The molecule has 0 aliphatic carbocycles. The molecule has 0 bridgehead atoms. The number of carbonyl (C=O) groups excluding carboxylic acids is 2. The summed E-state index contributed by atoms with van der Waals surface area (Å²) >= 11 is 0. The molecule has 0 spiro atoms. The van der Waals surface area contributed by atoms with Crippen molar-refractivity contribution in [2.24, 2.45) is 0 Å². The van der Waals surface area contributed by atoms with Crippen LogP contribution in [-0.4, -0.2) is 74.2 Å². The zero-order valence-corrected chi connectivity index (χ0v) is 17.3. The third-order valence-electron chi connectivity index (χ3n) is 4.97. The number of carbonyl (C=O) groups is 2. The van der Waals surface area contributed by atoms with Crippen LogP contribution in [0.1, 0.15) is 32.3 Å². The number of morpholine rings is 1. The van der Waals surface area contributed by atoms with E-state index in [0.717, 1.165) is 50.6 Å². The van der Waals surface area contributed by atoms with E-state index in [1.165, 1.54) is 0 Å². The number of methoxy groups -OCH3 is 1. The van der Waals surface area contributed by atoms with Crippen LogP contribution in [0.3, 0.4) is 0 Å². The fourth-order valence-electron chi connectivity index (χ4n) is 3.18. The summed E-state index contributed by atoms with van der Waals surface area (Å²) < 4.78 is 10.5. The summed E-state index contributed by atoms with van der Waals surface area (Å²) in [7, 11) is 1.62. The van der Waals surface area contributed by atoms with Crippen LogP contribution in [0.25, 0.3) is 0 Å². The van der Waals surface area contributed by atoms with Gasteiger partial charge in [0.05, 0.1) is 20.3 Å². The molecule has 1 atom stereocenters. The largest absolute Gasteiger partial charge is 0.497 e. The lowest BCUT2D eigenvalue weighted by Gasteiger charge is -2.30. The second-order valence-electron chi connectivity index (χ2n) is 7.04. The summed E-state index contributed by atoms with van der Waals surface area (Å²) in [6.07, 6.45) is 1.19. The van der Waals surface area contributed by atoms with Gasteiger partial charge in [0, 0.05) is 39.1 Å². The van der Waals surface area contributed by atoms with Gasteiger partial charge in [-0.1, -0.05) is 19.1 Å². The van der Waals surface area contributed by atoms with Gasteiger partial charge in [-0.05, 0) is 31.0 Å². The molecule has 1 saturated heterocycles. The maximum atomic E-state index is 12.7. The molecule has 1 aliphatic heterocycles. The molecule has 1 aromatic carbocycles. The first-order valence-electron chi connectivity index (χ1n) is 10.0. The monoisotopic (exact) mass is 391 g/mol. The summed E-state index contributed by atoms with van der Waals surface area (Å²) in [6.45, 7) is 8.80. The van der Waals surface area contributed by atoms with Gasteiger partial charge in [0.1, 0.15) is 11.8 Å². The predicted octanol–water partition coefficient (Wildman–Crippen LogP) is 1.66. The van der Waals surface area contributed by atoms with Crippen LogP contribution in [0.2, 0.25) is 0 Å². The number of nitrogens with one attached hydrogen (secondary N) is 1. The molecule has 1 aliphatic rings. The van der Waals surface area contributed by atoms with E-state index in [1.807, 2.05) is 31.2 Å². The second kappa shape index (κ2) is 11.7. The molecule has 0 radical (unpaired) electrons. The first kappa shape index (κ1) is 22.2. The minimum absolute atomic E-state index is 0.00542. The molecule has 0 unspecified atom stereocenters. The number of nitrogens with zero attached hydrogens (tertiary/aromatic N) is 2. The van der Waals surface area contributed by atoms with Gasteiger partial charge in [-0.15, -0.1) is 0 Å². The van der Waals surface area contributed by atoms with Crippen molar-refractivity contribution in [3.63, 3.8) is 0 Å². The van der Waals surface area contributed by atoms with Crippen molar-refractivity contribution in [1.82, 2.24) is 15.1 Å². The maximum Gasteiger partial charge on any atom is 0.242 e. The van der Waals surface area contributed by atoms with E-state index >= 15 is 0 Å². The van der Waals surface area contributed by atoms with Gasteiger partial charge in [-0.2, -0.15) is 0 Å². The lowest BCUT2D eigenvalue weighted by atomic mass is 10.1. The fraction of sp³-hybridized carbons (Fsp3) is 0.619. The Morgan fingerprint density at radius 1 is 1.25 bits per heavy atom. The van der Waals surface area contributed by atoms with Crippen molar-refractivity contribution >= 4 is 11.8 Å². The van der Waals surface area contributed by atoms with E-state index in [-0.39, 0.29) is 11.8 Å². The molecule has 1 N–H and O–H groups in total. The quantitative estimate of drug-likeness (QED) is 0.657. The van der Waals surface area contributed by atoms with Gasteiger partial charge in [-0.3, -0.25) is 14.5 Å². The molecule has 0 saturated carbocycles. The van der Waals surface area contributed by atoms with Crippen molar-refractivity contribution < 1.29 is 19.1 Å². The van der Waals surface area contributed by atoms with E-state index in [4.69, 9.17) is 9.47 Å². The molecular weight excluding hydrogens is 358 g/mol. The Labute approximate surface area is 168 Å². The molecule has 1 heterocycles. The van der Waals surface area contributed by atoms with Gasteiger partial charge >= 0.3 is 0 Å². The summed E-state index contributed by atoms with van der Waals surface area (Å²) in [6, 6.07) is 7.06. The fourth-order valence-corrected chi connectivity index (χ4v) is 3.18. The number of hydrogen-bond donors (Lipinski definition) is 1. The minimum Gasteiger partial charge on any atom is -0.497 e. The predicted molar refractivity (Wildman–Crippen MR) is 108 cm³/mol. The molecule has 156 valence electrons. The Balaban J connectivity index is 1.93. The number of ether oxygens (including phenoxy) is 2. The Morgan fingerprint density at radius 2 is 1.93 bits per heavy atom. The third kappa shape index (κ3) is 6.80. The van der Waals surface area contributed by atoms with E-state index in [9.17, 15) is 9.59 Å². The molecule has 7 nitrogen and oxygen atoms in total. The summed E-state index contributed by atoms with van der Waals surface area (Å²) in [5.74, 6) is 0.643. The Kier molecular flexibility index (Phi) is 9.23. The zero-order chi connectivity index (χ0) is 20.4. The highest BCUT2D eigenvalue weighted by molar-refractivity contribution is 5.87. The van der Waals surface area contributed by atoms with E-state index in [2.05, 4.69) is 10.2 Å². The van der Waals surface area contributed by atoms with Crippen molar-refractivity contribution in [3.8, 4) is 5.75 Å². The van der Waals surface area contributed by atoms with Crippen LogP contribution in [0.4, 0.5) is 0 Å². The van der Waals surface area contributed by atoms with Gasteiger partial charge in [0.25, 0.3) is 0 Å². The van der Waals surface area contributed by atoms with Crippen molar-refractivity contribution in [2.45, 2.75) is 39.3 Å². The van der Waals surface area contributed by atoms with Crippen molar-refractivity contribution in [1.29, 1.82) is 0 Å². The van der Waals surface area contributed by atoms with Crippen LogP contribution in [0, 0.1) is 0 Å². The molecular formula is C21H33N3O4. The molecule has 7 heteroatoms. The van der Waals surface area contributed by atoms with Crippen LogP contribution in [0.15, 0.2) is 24.3 Å². The topological polar surface area (TPSA) is 71.1 Å². The Bertz CT molecular complexity index is 615. The highest BCUT2D eigenvalue weighted by atomic mass is 16.5. The van der Waals surface area contributed by atoms with E-state index < -0.39 is 6.04 Å². The van der Waals surface area contributed by atoms with Gasteiger partial charge in [0.15, 0.2) is 0 Å². The van der Waals surface area contributed by atoms with Crippen molar-refractivity contribution in [2.75, 3.05) is 46.5 Å². The van der Waals surface area contributed by atoms with Crippen LogP contribution < -0.4 is 10.1 Å². The van der Waals surface area contributed by atoms with Gasteiger partial charge in [0.2, 0.25) is 11.8 Å². The second-order valence-corrected chi connectivity index (χ2v) is 7.04. The highest BCUT2D eigenvalue weighted by Gasteiger charge is 2.25. The summed E-state index contributed by atoms with van der Waals surface area (Å²) in [4.78, 5) is 29.2. The standard InChI is InChI=1S/C21H33N3O4/c1-4-5-20(25)24(16-18-6-8-19(27-3)9-7-18)17(2)21(26)22-10-11-23-12-14-28-15-13-23/h6-9,17H,4-5,10-16H2,1-3H3,(H,22,26)/t17-/m1/s1. The minimum atomic E-state index is -0.522. The SMILES string of the molecule is CCCC(=O)N(Cc1ccc(OC)cc1)[C@H](C)C(=O)NCCN1CCOCC1. The smallest absolute Gasteiger partial charge is 0.242 e. The average Bonchev–Trinajstić information content (AvgIpc) is 2.72. The number of amides is 2. The van der Waals surface area contributed by atoms with Crippen molar-refractivity contribution in [3.05, 3.63) is 29.8 Å². The lowest BCUT2D eigenvalue weighted by molar-refractivity contribution is -0.140. The molecule has 2 amide bonds. The number of hydrogen-bond acceptors (Lipinski definition) is 5. The number of rotatable bonds is 10. The van der Waals surface area contributed by atoms with Crippen LogP contribution >= 0.6 is 0 Å². The van der Waals surface area contributed by atoms with Gasteiger partial charge < -0.3 is 19.7 Å². The van der Waals surface area contributed by atoms with Crippen LogP contribution in [-0.2, 0) is 20.9 Å². The third-order valence-corrected chi connectivity index (χ3v) is 4.97. The van der Waals surface area contributed by atoms with Crippen LogP contribution in [0.5, 0.6) is 5.75 Å². The number of benzene rings is 1. The Morgan fingerprint density at radius 3 is 2.54 bits per heavy atom. The first-order chi connectivity index (χ1) is 13.5. The summed E-state index contributed by atoms with van der Waals surface area (Å²) in [5, 5.41) is 2.98. The lowest BCUT2D eigenvalue weighted by Crippen LogP contribution is -2.49. The average molecular weight is 392 g/mol. The zero-order valence-electron chi connectivity index (χ0n) is 17.3. The van der Waals surface area contributed by atoms with Gasteiger partial charge in [-0.25, -0.2) is 0 Å². The summed E-state index contributed by atoms with van der Waals surface area (Å²) in [5.41, 5.74) is 0.971. The van der Waals surface area contributed by atoms with E-state index in [1.54, 1.807) is 18.9 Å². The molecule has 0 aromatic heterocycles. The maximum absolute atomic E-state index is 12.7. The molecule has 1 fully saturated rings.